The molecule has 156 valence electrons. The zero-order valence-corrected chi connectivity index (χ0v) is 17.3. The van der Waals surface area contributed by atoms with Gasteiger partial charge in [-0.1, -0.05) is 24.3 Å². The number of pyridine rings is 1. The summed E-state index contributed by atoms with van der Waals surface area (Å²) in [6.45, 7) is 6.86. The summed E-state index contributed by atoms with van der Waals surface area (Å²) in [5.74, 6) is -0.754. The van der Waals surface area contributed by atoms with Gasteiger partial charge in [-0.05, 0) is 32.4 Å². The topological polar surface area (TPSA) is 103 Å². The van der Waals surface area contributed by atoms with Crippen LogP contribution < -0.4 is 5.73 Å². The number of primary amides is 1. The fourth-order valence-corrected chi connectivity index (χ4v) is 3.75. The van der Waals surface area contributed by atoms with Crippen molar-refractivity contribution in [2.75, 3.05) is 19.7 Å². The van der Waals surface area contributed by atoms with Crippen molar-refractivity contribution in [1.82, 2.24) is 19.7 Å². The molecule has 3 aromatic rings. The van der Waals surface area contributed by atoms with Crippen LogP contribution in [0.2, 0.25) is 0 Å². The Morgan fingerprint density at radius 3 is 2.73 bits per heavy atom. The Morgan fingerprint density at radius 2 is 2.03 bits per heavy atom. The summed E-state index contributed by atoms with van der Waals surface area (Å²) < 4.78 is 7.21. The predicted octanol–water partition coefficient (Wildman–Crippen LogP) is 2.31. The maximum atomic E-state index is 13.5. The fourth-order valence-electron chi connectivity index (χ4n) is 3.75. The van der Waals surface area contributed by atoms with Crippen LogP contribution in [0.4, 0.5) is 0 Å². The number of ether oxygens (including phenoxy) is 1. The van der Waals surface area contributed by atoms with E-state index in [1.54, 1.807) is 11.1 Å². The van der Waals surface area contributed by atoms with Gasteiger partial charge in [0.05, 0.1) is 36.0 Å². The second kappa shape index (κ2) is 7.87. The molecule has 2 amide bonds. The van der Waals surface area contributed by atoms with Gasteiger partial charge >= 0.3 is 0 Å². The number of carbonyl (C=O) groups is 2. The summed E-state index contributed by atoms with van der Waals surface area (Å²) in [7, 11) is 0. The molecule has 30 heavy (non-hydrogen) atoms. The number of amides is 2. The summed E-state index contributed by atoms with van der Waals surface area (Å²) in [5.41, 5.74) is 9.30. The molecule has 1 aliphatic heterocycles. The normalized spacial score (nSPS) is 16.9. The molecule has 0 aliphatic carbocycles. The second-order valence-electron chi connectivity index (χ2n) is 7.80. The van der Waals surface area contributed by atoms with Gasteiger partial charge in [-0.3, -0.25) is 9.59 Å². The zero-order valence-electron chi connectivity index (χ0n) is 17.3. The number of rotatable bonds is 4. The number of fused-ring (bicyclic) bond motifs is 1. The molecule has 1 aliphatic rings. The molecule has 2 aromatic heterocycles. The standard InChI is InChI=1S/C22H25N5O3/c1-13(2)27-21-17(11-24-27)16(10-18(25-21)15-7-5-4-6-14(15)3)22(29)26-8-9-30-19(12-26)20(23)28/h4-7,10-11,13,19H,8-9,12H2,1-3H3,(H2,23,28). The molecule has 4 rings (SSSR count). The van der Waals surface area contributed by atoms with E-state index in [1.165, 1.54) is 0 Å². The number of carbonyl (C=O) groups excluding carboxylic acids is 2. The molecule has 8 nitrogen and oxygen atoms in total. The smallest absolute Gasteiger partial charge is 0.254 e. The average molecular weight is 407 g/mol. The minimum Gasteiger partial charge on any atom is -0.367 e. The Hall–Kier alpha value is -3.26. The molecule has 0 spiro atoms. The Bertz CT molecular complexity index is 1120. The summed E-state index contributed by atoms with van der Waals surface area (Å²) in [6, 6.07) is 9.84. The maximum Gasteiger partial charge on any atom is 0.254 e. The van der Waals surface area contributed by atoms with Crippen LogP contribution in [0.3, 0.4) is 0 Å². The van der Waals surface area contributed by atoms with Gasteiger partial charge in [-0.2, -0.15) is 5.10 Å². The number of hydrogen-bond donors (Lipinski definition) is 1. The summed E-state index contributed by atoms with van der Waals surface area (Å²) in [5, 5.41) is 5.16. The van der Waals surface area contributed by atoms with E-state index in [1.807, 2.05) is 55.8 Å². The number of benzene rings is 1. The Balaban J connectivity index is 1.85. The van der Waals surface area contributed by atoms with Gasteiger partial charge in [0.1, 0.15) is 0 Å². The first-order valence-corrected chi connectivity index (χ1v) is 10.0. The van der Waals surface area contributed by atoms with Gasteiger partial charge < -0.3 is 15.4 Å². The zero-order chi connectivity index (χ0) is 21.4. The first-order chi connectivity index (χ1) is 14.4. The van der Waals surface area contributed by atoms with E-state index < -0.39 is 12.0 Å². The molecular formula is C22H25N5O3. The summed E-state index contributed by atoms with van der Waals surface area (Å²) >= 11 is 0. The van der Waals surface area contributed by atoms with Crippen LogP contribution in [0.5, 0.6) is 0 Å². The highest BCUT2D eigenvalue weighted by Crippen LogP contribution is 2.29. The van der Waals surface area contributed by atoms with Gasteiger partial charge in [0.2, 0.25) is 5.91 Å². The lowest BCUT2D eigenvalue weighted by Gasteiger charge is -2.31. The molecule has 1 atom stereocenters. The molecule has 1 aromatic carbocycles. The van der Waals surface area contributed by atoms with Crippen molar-refractivity contribution in [2.45, 2.75) is 32.9 Å². The summed E-state index contributed by atoms with van der Waals surface area (Å²) in [6.07, 6.45) is 0.887. The molecule has 2 N–H and O–H groups in total. The van der Waals surface area contributed by atoms with Gasteiger partial charge in [0, 0.05) is 18.2 Å². The van der Waals surface area contributed by atoms with Crippen LogP contribution in [0.15, 0.2) is 36.5 Å². The van der Waals surface area contributed by atoms with Gasteiger partial charge in [0.15, 0.2) is 11.8 Å². The van der Waals surface area contributed by atoms with Crippen molar-refractivity contribution in [3.05, 3.63) is 47.7 Å². The van der Waals surface area contributed by atoms with E-state index in [9.17, 15) is 9.59 Å². The van der Waals surface area contributed by atoms with E-state index in [0.717, 1.165) is 11.1 Å². The van der Waals surface area contributed by atoms with Crippen molar-refractivity contribution < 1.29 is 14.3 Å². The van der Waals surface area contributed by atoms with Crippen LogP contribution in [0.25, 0.3) is 22.3 Å². The van der Waals surface area contributed by atoms with Crippen molar-refractivity contribution >= 4 is 22.8 Å². The van der Waals surface area contributed by atoms with Crippen molar-refractivity contribution in [3.8, 4) is 11.3 Å². The van der Waals surface area contributed by atoms with E-state index in [-0.39, 0.29) is 25.1 Å². The first-order valence-electron chi connectivity index (χ1n) is 10.0. The van der Waals surface area contributed by atoms with Gasteiger partial charge in [0.25, 0.3) is 5.91 Å². The van der Waals surface area contributed by atoms with Crippen LogP contribution in [-0.2, 0) is 9.53 Å². The van der Waals surface area contributed by atoms with Crippen LogP contribution in [0.1, 0.15) is 35.8 Å². The van der Waals surface area contributed by atoms with E-state index in [4.69, 9.17) is 15.5 Å². The maximum absolute atomic E-state index is 13.5. The number of nitrogens with two attached hydrogens (primary N) is 1. The number of aryl methyl sites for hydroxylation is 1. The average Bonchev–Trinajstić information content (AvgIpc) is 3.17. The van der Waals surface area contributed by atoms with E-state index in [0.29, 0.717) is 28.8 Å². The van der Waals surface area contributed by atoms with Crippen molar-refractivity contribution in [1.29, 1.82) is 0 Å². The molecule has 1 saturated heterocycles. The minimum atomic E-state index is -0.797. The molecule has 1 unspecified atom stereocenters. The Kier molecular flexibility index (Phi) is 5.26. The largest absolute Gasteiger partial charge is 0.367 e. The minimum absolute atomic E-state index is 0.0905. The molecule has 0 saturated carbocycles. The number of aromatic nitrogens is 3. The third-order valence-electron chi connectivity index (χ3n) is 5.38. The van der Waals surface area contributed by atoms with Crippen LogP contribution >= 0.6 is 0 Å². The Labute approximate surface area is 174 Å². The van der Waals surface area contributed by atoms with Crippen LogP contribution in [-0.4, -0.2) is 57.3 Å². The molecule has 0 bridgehead atoms. The highest BCUT2D eigenvalue weighted by Gasteiger charge is 2.30. The quantitative estimate of drug-likeness (QED) is 0.715. The second-order valence-corrected chi connectivity index (χ2v) is 7.80. The molecule has 0 radical (unpaired) electrons. The van der Waals surface area contributed by atoms with Crippen molar-refractivity contribution in [2.24, 2.45) is 5.73 Å². The SMILES string of the molecule is Cc1ccccc1-c1cc(C(=O)N2CCOC(C(N)=O)C2)c2cnn(C(C)C)c2n1. The monoisotopic (exact) mass is 407 g/mol. The highest BCUT2D eigenvalue weighted by atomic mass is 16.5. The van der Waals surface area contributed by atoms with Gasteiger partial charge in [-0.25, -0.2) is 9.67 Å². The first kappa shape index (κ1) is 20.0. The lowest BCUT2D eigenvalue weighted by Crippen LogP contribution is -2.50. The molecule has 1 fully saturated rings. The lowest BCUT2D eigenvalue weighted by atomic mass is 10.0. The number of hydrogen-bond acceptors (Lipinski definition) is 5. The molecule has 8 heteroatoms. The third-order valence-corrected chi connectivity index (χ3v) is 5.38. The lowest BCUT2D eigenvalue weighted by molar-refractivity contribution is -0.133. The highest BCUT2D eigenvalue weighted by molar-refractivity contribution is 6.06. The van der Waals surface area contributed by atoms with Gasteiger partial charge in [-0.15, -0.1) is 0 Å². The molecule has 3 heterocycles. The van der Waals surface area contributed by atoms with E-state index >= 15 is 0 Å². The predicted molar refractivity (Wildman–Crippen MR) is 113 cm³/mol. The number of morpholine rings is 1. The van der Waals surface area contributed by atoms with Crippen molar-refractivity contribution in [3.63, 3.8) is 0 Å². The van der Waals surface area contributed by atoms with E-state index in [2.05, 4.69) is 5.10 Å². The van der Waals surface area contributed by atoms with Crippen LogP contribution in [0, 0.1) is 6.92 Å². The summed E-state index contributed by atoms with van der Waals surface area (Å²) in [4.78, 5) is 31.5. The molecular weight excluding hydrogens is 382 g/mol. The fraction of sp³-hybridized carbons (Fsp3) is 0.364. The Morgan fingerprint density at radius 1 is 1.27 bits per heavy atom. The third kappa shape index (κ3) is 3.54. The number of nitrogens with zero attached hydrogens (tertiary/aromatic N) is 4.